The lowest BCUT2D eigenvalue weighted by Crippen LogP contribution is -2.30. The predicted octanol–water partition coefficient (Wildman–Crippen LogP) is 3.28. The second-order valence-corrected chi connectivity index (χ2v) is 9.26. The molecule has 1 aromatic heterocycles. The molecule has 0 atom stereocenters. The molecule has 0 unspecified atom stereocenters. The smallest absolute Gasteiger partial charge is 0.266 e. The molecule has 1 aliphatic heterocycles. The van der Waals surface area contributed by atoms with Crippen molar-refractivity contribution in [3.05, 3.63) is 53.9 Å². The minimum absolute atomic E-state index is 0.0304. The van der Waals surface area contributed by atoms with Crippen LogP contribution in [0.1, 0.15) is 17.5 Å². The van der Waals surface area contributed by atoms with Crippen molar-refractivity contribution < 1.29 is 22.6 Å². The molecule has 2 aromatic carbocycles. The summed E-state index contributed by atoms with van der Waals surface area (Å²) in [7, 11) is -0.831. The van der Waals surface area contributed by atoms with Gasteiger partial charge in [0.1, 0.15) is 23.6 Å². The van der Waals surface area contributed by atoms with Gasteiger partial charge in [0.2, 0.25) is 5.13 Å². The largest absolute Gasteiger partial charge is 0.497 e. The average molecular weight is 448 g/mol. The zero-order chi connectivity index (χ0) is 21.1. The third-order valence-electron chi connectivity index (χ3n) is 4.85. The van der Waals surface area contributed by atoms with Crippen LogP contribution < -0.4 is 18.5 Å². The van der Waals surface area contributed by atoms with Crippen LogP contribution in [-0.4, -0.2) is 38.6 Å². The van der Waals surface area contributed by atoms with E-state index in [4.69, 9.17) is 14.2 Å². The summed E-state index contributed by atoms with van der Waals surface area (Å²) in [6.45, 7) is 0.613. The van der Waals surface area contributed by atoms with Crippen molar-refractivity contribution in [3.8, 4) is 17.2 Å². The highest BCUT2D eigenvalue weighted by Crippen LogP contribution is 2.34. The molecule has 0 aliphatic carbocycles. The summed E-state index contributed by atoms with van der Waals surface area (Å²) in [5.41, 5.74) is 1.69. The van der Waals surface area contributed by atoms with Gasteiger partial charge in [0.05, 0.1) is 32.3 Å². The number of rotatable bonds is 7. The van der Waals surface area contributed by atoms with Gasteiger partial charge in [-0.2, -0.15) is 4.37 Å². The number of nitrogens with zero attached hydrogens (tertiary/aromatic N) is 3. The summed E-state index contributed by atoms with van der Waals surface area (Å²) in [5, 5.41) is 0.270. The van der Waals surface area contributed by atoms with Gasteiger partial charge in [0.25, 0.3) is 10.0 Å². The summed E-state index contributed by atoms with van der Waals surface area (Å²) in [6.07, 6.45) is 3.13. The lowest BCUT2D eigenvalue weighted by Gasteiger charge is -2.24. The van der Waals surface area contributed by atoms with E-state index in [9.17, 15) is 8.42 Å². The summed E-state index contributed by atoms with van der Waals surface area (Å²) >= 11 is 1.01. The maximum absolute atomic E-state index is 13.6. The number of aryl methyl sites for hydroxylation is 1. The first-order valence-corrected chi connectivity index (χ1v) is 11.5. The van der Waals surface area contributed by atoms with Gasteiger partial charge in [0, 0.05) is 29.2 Å². The van der Waals surface area contributed by atoms with E-state index < -0.39 is 10.0 Å². The van der Waals surface area contributed by atoms with Crippen LogP contribution in [0.3, 0.4) is 0 Å². The highest BCUT2D eigenvalue weighted by Gasteiger charge is 2.29. The molecule has 4 rings (SSSR count). The Bertz CT molecular complexity index is 1130. The van der Waals surface area contributed by atoms with Crippen LogP contribution in [0.4, 0.5) is 5.13 Å². The summed E-state index contributed by atoms with van der Waals surface area (Å²) in [5.74, 6) is 1.75. The SMILES string of the molecule is COc1ccc(CN(c2ncns2)S(=O)(=O)c2ccc3c(c2)OCCC3)c(OC)c1. The van der Waals surface area contributed by atoms with Crippen molar-refractivity contribution in [2.24, 2.45) is 0 Å². The van der Waals surface area contributed by atoms with E-state index >= 15 is 0 Å². The van der Waals surface area contributed by atoms with Crippen LogP contribution in [0.25, 0.3) is 0 Å². The van der Waals surface area contributed by atoms with Gasteiger partial charge in [-0.1, -0.05) is 6.07 Å². The lowest BCUT2D eigenvalue weighted by atomic mass is 10.1. The van der Waals surface area contributed by atoms with Crippen LogP contribution in [0, 0.1) is 0 Å². The fourth-order valence-electron chi connectivity index (χ4n) is 3.28. The minimum Gasteiger partial charge on any atom is -0.497 e. The number of sulfonamides is 1. The first-order valence-electron chi connectivity index (χ1n) is 9.29. The Labute approximate surface area is 179 Å². The molecule has 3 aromatic rings. The maximum atomic E-state index is 13.6. The van der Waals surface area contributed by atoms with E-state index in [-0.39, 0.29) is 16.6 Å². The number of benzene rings is 2. The molecule has 30 heavy (non-hydrogen) atoms. The summed E-state index contributed by atoms with van der Waals surface area (Å²) < 4.78 is 48.7. The van der Waals surface area contributed by atoms with Gasteiger partial charge in [-0.3, -0.25) is 0 Å². The van der Waals surface area contributed by atoms with Gasteiger partial charge >= 0.3 is 0 Å². The number of hydrogen-bond donors (Lipinski definition) is 0. The minimum atomic E-state index is -3.92. The van der Waals surface area contributed by atoms with Gasteiger partial charge < -0.3 is 14.2 Å². The number of ether oxygens (including phenoxy) is 3. The number of anilines is 1. The first-order chi connectivity index (χ1) is 14.5. The van der Waals surface area contributed by atoms with Crippen molar-refractivity contribution in [3.63, 3.8) is 0 Å². The molecule has 0 amide bonds. The molecule has 0 spiro atoms. The molecule has 0 saturated heterocycles. The van der Waals surface area contributed by atoms with Gasteiger partial charge in [-0.15, -0.1) is 0 Å². The number of fused-ring (bicyclic) bond motifs is 1. The molecule has 158 valence electrons. The Hall–Kier alpha value is -2.85. The third kappa shape index (κ3) is 3.92. The highest BCUT2D eigenvalue weighted by atomic mass is 32.2. The molecule has 0 fully saturated rings. The number of hydrogen-bond acceptors (Lipinski definition) is 8. The standard InChI is InChI=1S/C20H21N3O5S2/c1-26-16-7-5-15(18(10-16)27-2)12-23(20-21-13-22-29-20)30(24,25)17-8-6-14-4-3-9-28-19(14)11-17/h5-8,10-11,13H,3-4,9,12H2,1-2H3. The monoisotopic (exact) mass is 447 g/mol. The zero-order valence-electron chi connectivity index (χ0n) is 16.6. The Morgan fingerprint density at radius 1 is 1.17 bits per heavy atom. The Morgan fingerprint density at radius 3 is 2.77 bits per heavy atom. The van der Waals surface area contributed by atoms with Crippen molar-refractivity contribution in [2.45, 2.75) is 24.3 Å². The first kappa shape index (κ1) is 20.4. The molecule has 1 aliphatic rings. The molecule has 0 bridgehead atoms. The zero-order valence-corrected chi connectivity index (χ0v) is 18.2. The number of aromatic nitrogens is 2. The molecule has 2 heterocycles. The number of methoxy groups -OCH3 is 2. The molecule has 0 saturated carbocycles. The molecule has 8 nitrogen and oxygen atoms in total. The average Bonchev–Trinajstić information content (AvgIpc) is 3.31. The summed E-state index contributed by atoms with van der Waals surface area (Å²) in [6, 6.07) is 10.3. The summed E-state index contributed by atoms with van der Waals surface area (Å²) in [4.78, 5) is 4.28. The van der Waals surface area contributed by atoms with Crippen molar-refractivity contribution in [2.75, 3.05) is 25.1 Å². The Kier molecular flexibility index (Phi) is 5.78. The Balaban J connectivity index is 1.75. The molecular weight excluding hydrogens is 426 g/mol. The molecule has 0 radical (unpaired) electrons. The lowest BCUT2D eigenvalue weighted by molar-refractivity contribution is 0.287. The van der Waals surface area contributed by atoms with Crippen LogP contribution in [0.15, 0.2) is 47.6 Å². The van der Waals surface area contributed by atoms with E-state index in [0.29, 0.717) is 29.4 Å². The van der Waals surface area contributed by atoms with Crippen LogP contribution >= 0.6 is 11.5 Å². The van der Waals surface area contributed by atoms with E-state index in [0.717, 1.165) is 29.9 Å². The van der Waals surface area contributed by atoms with Gasteiger partial charge in [0.15, 0.2) is 0 Å². The normalized spacial score (nSPS) is 13.3. The van der Waals surface area contributed by atoms with Crippen LogP contribution in [0.2, 0.25) is 0 Å². The van der Waals surface area contributed by atoms with Crippen molar-refractivity contribution >= 4 is 26.7 Å². The van der Waals surface area contributed by atoms with E-state index in [1.54, 1.807) is 37.4 Å². The van der Waals surface area contributed by atoms with Crippen molar-refractivity contribution in [1.29, 1.82) is 0 Å². The second-order valence-electron chi connectivity index (χ2n) is 6.63. The van der Waals surface area contributed by atoms with Gasteiger partial charge in [-0.25, -0.2) is 17.7 Å². The Morgan fingerprint density at radius 2 is 2.03 bits per heavy atom. The van der Waals surface area contributed by atoms with E-state index in [1.807, 2.05) is 6.07 Å². The molecule has 10 heteroatoms. The fraction of sp³-hybridized carbons (Fsp3) is 0.300. The van der Waals surface area contributed by atoms with Crippen molar-refractivity contribution in [1.82, 2.24) is 9.36 Å². The molecular formula is C20H21N3O5S2. The quantitative estimate of drug-likeness (QED) is 0.549. The van der Waals surface area contributed by atoms with Crippen LogP contribution in [-0.2, 0) is 23.0 Å². The topological polar surface area (TPSA) is 90.9 Å². The van der Waals surface area contributed by atoms with Gasteiger partial charge in [-0.05, 0) is 36.6 Å². The predicted molar refractivity (Wildman–Crippen MR) is 113 cm³/mol. The highest BCUT2D eigenvalue weighted by molar-refractivity contribution is 7.93. The van der Waals surface area contributed by atoms with E-state index in [1.165, 1.54) is 17.7 Å². The molecule has 0 N–H and O–H groups in total. The van der Waals surface area contributed by atoms with E-state index in [2.05, 4.69) is 9.36 Å². The maximum Gasteiger partial charge on any atom is 0.266 e. The van der Waals surface area contributed by atoms with Crippen LogP contribution in [0.5, 0.6) is 17.2 Å². The second kappa shape index (κ2) is 8.49. The third-order valence-corrected chi connectivity index (χ3v) is 7.38. The fourth-order valence-corrected chi connectivity index (χ4v) is 5.42.